The lowest BCUT2D eigenvalue weighted by molar-refractivity contribution is -0.0291. The Balaban J connectivity index is 1.99. The highest BCUT2D eigenvalue weighted by atomic mass is 35.5. The predicted octanol–water partition coefficient (Wildman–Crippen LogP) is 4.85. The number of benzene rings is 1. The van der Waals surface area contributed by atoms with Crippen molar-refractivity contribution in [3.63, 3.8) is 0 Å². The predicted molar refractivity (Wildman–Crippen MR) is 85.6 cm³/mol. The van der Waals surface area contributed by atoms with Crippen LogP contribution in [-0.4, -0.2) is 19.3 Å². The van der Waals surface area contributed by atoms with E-state index in [4.69, 9.17) is 27.9 Å². The van der Waals surface area contributed by atoms with Crippen molar-refractivity contribution >= 4 is 23.2 Å². The Kier molecular flexibility index (Phi) is 6.16. The molecule has 1 aliphatic carbocycles. The van der Waals surface area contributed by atoms with Gasteiger partial charge in [0.1, 0.15) is 0 Å². The molecule has 1 atom stereocenters. The first kappa shape index (κ1) is 16.1. The normalized spacial score (nSPS) is 23.4. The first-order valence-corrected chi connectivity index (χ1v) is 8.19. The first-order valence-electron chi connectivity index (χ1n) is 7.43. The minimum absolute atomic E-state index is 0.277. The molecule has 0 heterocycles. The van der Waals surface area contributed by atoms with Gasteiger partial charge in [0.2, 0.25) is 0 Å². The van der Waals surface area contributed by atoms with Crippen LogP contribution in [0.4, 0.5) is 0 Å². The van der Waals surface area contributed by atoms with Gasteiger partial charge in [-0.25, -0.2) is 0 Å². The van der Waals surface area contributed by atoms with Crippen molar-refractivity contribution in [1.82, 2.24) is 5.32 Å². The third kappa shape index (κ3) is 4.11. The van der Waals surface area contributed by atoms with Crippen LogP contribution >= 0.6 is 23.2 Å². The maximum atomic E-state index is 6.33. The van der Waals surface area contributed by atoms with E-state index in [1.54, 1.807) is 0 Å². The second-order valence-electron chi connectivity index (χ2n) is 5.43. The lowest BCUT2D eigenvalue weighted by Crippen LogP contribution is -2.34. The molecule has 1 saturated carbocycles. The van der Waals surface area contributed by atoms with Crippen LogP contribution in [0.15, 0.2) is 18.2 Å². The van der Waals surface area contributed by atoms with E-state index in [9.17, 15) is 0 Å². The minimum Gasteiger partial charge on any atom is -0.378 e. The van der Waals surface area contributed by atoms with Gasteiger partial charge in [0.15, 0.2) is 0 Å². The van der Waals surface area contributed by atoms with Gasteiger partial charge in [-0.15, -0.1) is 0 Å². The second-order valence-corrected chi connectivity index (χ2v) is 6.27. The van der Waals surface area contributed by atoms with Crippen LogP contribution in [-0.2, 0) is 4.74 Å². The zero-order valence-corrected chi connectivity index (χ0v) is 13.7. The van der Waals surface area contributed by atoms with Crippen LogP contribution in [0.2, 0.25) is 10.0 Å². The van der Waals surface area contributed by atoms with E-state index in [1.807, 2.05) is 18.2 Å². The Morgan fingerprint density at radius 2 is 2.05 bits per heavy atom. The summed E-state index contributed by atoms with van der Waals surface area (Å²) in [5.41, 5.74) is 1.11. The van der Waals surface area contributed by atoms with Crippen molar-refractivity contribution in [2.45, 2.75) is 45.3 Å². The monoisotopic (exact) mass is 315 g/mol. The Hall–Kier alpha value is -0.280. The van der Waals surface area contributed by atoms with Gasteiger partial charge in [-0.05, 0) is 62.4 Å². The van der Waals surface area contributed by atoms with Gasteiger partial charge in [-0.1, -0.05) is 30.1 Å². The largest absolute Gasteiger partial charge is 0.378 e. The van der Waals surface area contributed by atoms with E-state index < -0.39 is 0 Å². The fourth-order valence-corrected chi connectivity index (χ4v) is 3.35. The van der Waals surface area contributed by atoms with Gasteiger partial charge in [0.05, 0.1) is 6.10 Å². The average Bonchev–Trinajstić information content (AvgIpc) is 2.38. The van der Waals surface area contributed by atoms with Crippen molar-refractivity contribution in [2.75, 3.05) is 13.2 Å². The van der Waals surface area contributed by atoms with E-state index in [-0.39, 0.29) is 6.04 Å². The third-order valence-corrected chi connectivity index (χ3v) is 4.53. The summed E-state index contributed by atoms with van der Waals surface area (Å²) in [6.07, 6.45) is 3.88. The average molecular weight is 316 g/mol. The molecule has 112 valence electrons. The van der Waals surface area contributed by atoms with E-state index in [2.05, 4.69) is 19.2 Å². The maximum Gasteiger partial charge on any atom is 0.0580 e. The number of halogens is 2. The SMILES string of the molecule is CCNC(CC1CC(OCC)C1)c1cc(Cl)ccc1Cl. The fraction of sp³-hybridized carbons (Fsp3) is 0.625. The van der Waals surface area contributed by atoms with E-state index in [0.717, 1.165) is 48.0 Å². The van der Waals surface area contributed by atoms with Crippen molar-refractivity contribution in [3.05, 3.63) is 33.8 Å². The Labute approximate surface area is 131 Å². The molecule has 0 spiro atoms. The molecule has 1 aromatic rings. The third-order valence-electron chi connectivity index (χ3n) is 3.95. The second kappa shape index (κ2) is 7.65. The van der Waals surface area contributed by atoms with Crippen LogP contribution in [0.5, 0.6) is 0 Å². The highest BCUT2D eigenvalue weighted by Crippen LogP contribution is 2.38. The number of hydrogen-bond donors (Lipinski definition) is 1. The van der Waals surface area contributed by atoms with Gasteiger partial charge >= 0.3 is 0 Å². The molecule has 2 nitrogen and oxygen atoms in total. The molecule has 0 amide bonds. The maximum absolute atomic E-state index is 6.33. The van der Waals surface area contributed by atoms with E-state index in [1.165, 1.54) is 0 Å². The molecule has 1 unspecified atom stereocenters. The molecule has 4 heteroatoms. The molecule has 2 rings (SSSR count). The van der Waals surface area contributed by atoms with Gasteiger partial charge in [0, 0.05) is 22.7 Å². The summed E-state index contributed by atoms with van der Waals surface area (Å²) in [6, 6.07) is 5.98. The molecule has 0 saturated heterocycles. The molecule has 1 N–H and O–H groups in total. The number of rotatable bonds is 7. The summed E-state index contributed by atoms with van der Waals surface area (Å²) in [5, 5.41) is 5.07. The highest BCUT2D eigenvalue weighted by Gasteiger charge is 2.32. The summed E-state index contributed by atoms with van der Waals surface area (Å²) in [4.78, 5) is 0. The summed E-state index contributed by atoms with van der Waals surface area (Å²) < 4.78 is 5.63. The van der Waals surface area contributed by atoms with Crippen molar-refractivity contribution < 1.29 is 4.74 Å². The lowest BCUT2D eigenvalue weighted by atomic mass is 9.77. The minimum atomic E-state index is 0.277. The van der Waals surface area contributed by atoms with Crippen LogP contribution in [0, 0.1) is 5.92 Å². The Morgan fingerprint density at radius 3 is 2.70 bits per heavy atom. The summed E-state index contributed by atoms with van der Waals surface area (Å²) in [7, 11) is 0. The zero-order valence-electron chi connectivity index (χ0n) is 12.2. The summed E-state index contributed by atoms with van der Waals surface area (Å²) in [5.74, 6) is 0.714. The molecular formula is C16H23Cl2NO. The summed E-state index contributed by atoms with van der Waals surface area (Å²) >= 11 is 12.4. The molecule has 1 aromatic carbocycles. The molecule has 0 radical (unpaired) electrons. The Morgan fingerprint density at radius 1 is 1.30 bits per heavy atom. The molecule has 1 fully saturated rings. The number of hydrogen-bond acceptors (Lipinski definition) is 2. The topological polar surface area (TPSA) is 21.3 Å². The van der Waals surface area contributed by atoms with E-state index in [0.29, 0.717) is 12.0 Å². The Bertz CT molecular complexity index is 432. The highest BCUT2D eigenvalue weighted by molar-refractivity contribution is 6.33. The molecule has 0 aliphatic heterocycles. The van der Waals surface area contributed by atoms with Crippen molar-refractivity contribution in [3.8, 4) is 0 Å². The molecule has 20 heavy (non-hydrogen) atoms. The number of nitrogens with one attached hydrogen (secondary N) is 1. The molecule has 0 aromatic heterocycles. The van der Waals surface area contributed by atoms with Crippen LogP contribution in [0.1, 0.15) is 44.7 Å². The van der Waals surface area contributed by atoms with E-state index >= 15 is 0 Å². The molecule has 1 aliphatic rings. The molecular weight excluding hydrogens is 293 g/mol. The van der Waals surface area contributed by atoms with Crippen molar-refractivity contribution in [2.24, 2.45) is 5.92 Å². The van der Waals surface area contributed by atoms with Gasteiger partial charge in [-0.3, -0.25) is 0 Å². The van der Waals surface area contributed by atoms with Crippen LogP contribution < -0.4 is 5.32 Å². The zero-order chi connectivity index (χ0) is 14.5. The molecule has 0 bridgehead atoms. The standard InChI is InChI=1S/C16H23Cl2NO/c1-3-19-16(9-11-7-13(8-11)20-4-2)14-10-12(17)5-6-15(14)18/h5-6,10-11,13,16,19H,3-4,7-9H2,1-2H3. The number of ether oxygens (including phenoxy) is 1. The first-order chi connectivity index (χ1) is 9.63. The fourth-order valence-electron chi connectivity index (χ4n) is 2.92. The smallest absolute Gasteiger partial charge is 0.0580 e. The van der Waals surface area contributed by atoms with Crippen LogP contribution in [0.3, 0.4) is 0 Å². The van der Waals surface area contributed by atoms with Crippen molar-refractivity contribution in [1.29, 1.82) is 0 Å². The quantitative estimate of drug-likeness (QED) is 0.776. The van der Waals surface area contributed by atoms with Gasteiger partial charge < -0.3 is 10.1 Å². The lowest BCUT2D eigenvalue weighted by Gasteiger charge is -2.37. The van der Waals surface area contributed by atoms with Gasteiger partial charge in [-0.2, -0.15) is 0 Å². The van der Waals surface area contributed by atoms with Crippen LogP contribution in [0.25, 0.3) is 0 Å². The van der Waals surface area contributed by atoms with Gasteiger partial charge in [0.25, 0.3) is 0 Å². The summed E-state index contributed by atoms with van der Waals surface area (Å²) in [6.45, 7) is 5.92.